The quantitative estimate of drug-likeness (QED) is 0.663. The molecule has 0 unspecified atom stereocenters. The number of benzene rings is 2. The summed E-state index contributed by atoms with van der Waals surface area (Å²) in [7, 11) is 2.15. The highest BCUT2D eigenvalue weighted by Crippen LogP contribution is 2.27. The number of carbonyl (C=O) groups excluding carboxylic acids is 1. The maximum atomic E-state index is 12.9. The number of rotatable bonds is 5. The molecule has 0 saturated carbocycles. The lowest BCUT2D eigenvalue weighted by atomic mass is 10.0. The number of para-hydroxylation sites is 1. The molecule has 3 aromatic rings. The minimum Gasteiger partial charge on any atom is -0.457 e. The van der Waals surface area contributed by atoms with Crippen LogP contribution in [-0.2, 0) is 0 Å². The van der Waals surface area contributed by atoms with Crippen LogP contribution in [0.15, 0.2) is 54.6 Å². The first-order chi connectivity index (χ1) is 14.5. The number of aromatic nitrogens is 2. The third-order valence-corrected chi connectivity index (χ3v) is 5.69. The predicted molar refractivity (Wildman–Crippen MR) is 118 cm³/mol. The van der Waals surface area contributed by atoms with E-state index in [2.05, 4.69) is 26.8 Å². The van der Waals surface area contributed by atoms with Crippen molar-refractivity contribution >= 4 is 11.6 Å². The average Bonchev–Trinajstić information content (AvgIpc) is 3.05. The fourth-order valence-corrected chi connectivity index (χ4v) is 4.08. The van der Waals surface area contributed by atoms with Crippen LogP contribution in [0.25, 0.3) is 0 Å². The highest BCUT2D eigenvalue weighted by molar-refractivity contribution is 6.03. The normalized spacial score (nSPS) is 15.2. The number of hydrogen-bond acceptors (Lipinski definition) is 4. The maximum absolute atomic E-state index is 12.9. The fourth-order valence-electron chi connectivity index (χ4n) is 4.08. The molecule has 2 heterocycles. The number of hydrogen-bond donors (Lipinski definition) is 1. The first-order valence-corrected chi connectivity index (χ1v) is 10.4. The number of piperidine rings is 1. The summed E-state index contributed by atoms with van der Waals surface area (Å²) < 4.78 is 8.04. The number of imidazole rings is 1. The van der Waals surface area contributed by atoms with Gasteiger partial charge >= 0.3 is 0 Å². The number of amides is 1. The van der Waals surface area contributed by atoms with Crippen LogP contribution in [-0.4, -0.2) is 40.5 Å². The zero-order valence-corrected chi connectivity index (χ0v) is 17.8. The van der Waals surface area contributed by atoms with E-state index in [0.717, 1.165) is 48.9 Å². The Morgan fingerprint density at radius 3 is 2.30 bits per heavy atom. The van der Waals surface area contributed by atoms with Crippen LogP contribution in [0.3, 0.4) is 0 Å². The summed E-state index contributed by atoms with van der Waals surface area (Å²) in [4.78, 5) is 19.8. The molecule has 1 saturated heterocycles. The number of ether oxygens (including phenoxy) is 1. The van der Waals surface area contributed by atoms with E-state index >= 15 is 0 Å². The minimum atomic E-state index is -0.181. The second kappa shape index (κ2) is 8.71. The van der Waals surface area contributed by atoms with Gasteiger partial charge in [-0.2, -0.15) is 0 Å². The summed E-state index contributed by atoms with van der Waals surface area (Å²) in [6.45, 7) is 6.11. The Morgan fingerprint density at radius 2 is 1.63 bits per heavy atom. The minimum absolute atomic E-state index is 0.181. The lowest BCUT2D eigenvalue weighted by molar-refractivity contribution is 0.102. The lowest BCUT2D eigenvalue weighted by Gasteiger charge is -2.31. The van der Waals surface area contributed by atoms with E-state index in [-0.39, 0.29) is 5.91 Å². The third kappa shape index (κ3) is 4.39. The summed E-state index contributed by atoms with van der Waals surface area (Å²) in [6.07, 6.45) is 2.16. The van der Waals surface area contributed by atoms with Crippen molar-refractivity contribution in [3.63, 3.8) is 0 Å². The van der Waals surface area contributed by atoms with E-state index in [4.69, 9.17) is 4.74 Å². The van der Waals surface area contributed by atoms with Gasteiger partial charge in [-0.1, -0.05) is 18.2 Å². The van der Waals surface area contributed by atoms with Gasteiger partial charge in [-0.15, -0.1) is 0 Å². The van der Waals surface area contributed by atoms with Gasteiger partial charge in [0.15, 0.2) is 0 Å². The highest BCUT2D eigenvalue weighted by atomic mass is 16.5. The predicted octanol–water partition coefficient (Wildman–Crippen LogP) is 4.81. The van der Waals surface area contributed by atoms with Crippen LogP contribution < -0.4 is 10.1 Å². The molecule has 0 spiro atoms. The summed E-state index contributed by atoms with van der Waals surface area (Å²) in [5.41, 5.74) is 2.14. The van der Waals surface area contributed by atoms with E-state index < -0.39 is 0 Å². The number of nitrogens with zero attached hydrogens (tertiary/aromatic N) is 3. The molecule has 0 bridgehead atoms. The first kappa shape index (κ1) is 20.2. The smallest absolute Gasteiger partial charge is 0.276 e. The SMILES string of the molecule is Cc1nc(C(=O)Nc2ccc(Oc3ccccc3)cc2)c(C)n1C1CCN(C)CC1. The summed E-state index contributed by atoms with van der Waals surface area (Å²) in [5.74, 6) is 2.22. The standard InChI is InChI=1S/C24H28N4O2/c1-17-23(25-18(2)28(17)20-13-15-27(3)16-14-20)24(29)26-19-9-11-22(12-10-19)30-21-7-5-4-6-8-21/h4-12,20H,13-16H2,1-3H3,(H,26,29). The molecule has 1 fully saturated rings. The van der Waals surface area contributed by atoms with Crippen molar-refractivity contribution in [1.82, 2.24) is 14.5 Å². The number of likely N-dealkylation sites (tertiary alicyclic amines) is 1. The lowest BCUT2D eigenvalue weighted by Crippen LogP contribution is -2.32. The molecule has 6 heteroatoms. The first-order valence-electron chi connectivity index (χ1n) is 10.4. The Kier molecular flexibility index (Phi) is 5.86. The largest absolute Gasteiger partial charge is 0.457 e. The summed E-state index contributed by atoms with van der Waals surface area (Å²) in [5, 5.41) is 2.96. The van der Waals surface area contributed by atoms with Crippen LogP contribution in [0, 0.1) is 13.8 Å². The van der Waals surface area contributed by atoms with Crippen molar-refractivity contribution in [2.24, 2.45) is 0 Å². The van der Waals surface area contributed by atoms with Crippen molar-refractivity contribution in [2.45, 2.75) is 32.7 Å². The Morgan fingerprint density at radius 1 is 1.00 bits per heavy atom. The molecule has 0 atom stereocenters. The number of nitrogens with one attached hydrogen (secondary N) is 1. The van der Waals surface area contributed by atoms with Gasteiger partial charge in [0, 0.05) is 17.4 Å². The summed E-state index contributed by atoms with van der Waals surface area (Å²) >= 11 is 0. The van der Waals surface area contributed by atoms with E-state index in [1.165, 1.54) is 0 Å². The van der Waals surface area contributed by atoms with Crippen molar-refractivity contribution in [1.29, 1.82) is 0 Å². The zero-order chi connectivity index (χ0) is 21.1. The van der Waals surface area contributed by atoms with Gasteiger partial charge in [-0.3, -0.25) is 4.79 Å². The Balaban J connectivity index is 1.44. The van der Waals surface area contributed by atoms with Crippen LogP contribution in [0.5, 0.6) is 11.5 Å². The Labute approximate surface area is 177 Å². The fraction of sp³-hybridized carbons (Fsp3) is 0.333. The van der Waals surface area contributed by atoms with Gasteiger partial charge in [-0.05, 0) is 83.2 Å². The Hall–Kier alpha value is -3.12. The van der Waals surface area contributed by atoms with Crippen LogP contribution in [0.2, 0.25) is 0 Å². The van der Waals surface area contributed by atoms with Gasteiger partial charge in [-0.25, -0.2) is 4.98 Å². The average molecular weight is 405 g/mol. The number of carbonyl (C=O) groups is 1. The van der Waals surface area contributed by atoms with Gasteiger partial charge < -0.3 is 19.5 Å². The molecular formula is C24H28N4O2. The molecule has 4 rings (SSSR count). The maximum Gasteiger partial charge on any atom is 0.276 e. The molecule has 1 aliphatic heterocycles. The number of anilines is 1. The second-order valence-corrected chi connectivity index (χ2v) is 7.89. The molecule has 6 nitrogen and oxygen atoms in total. The van der Waals surface area contributed by atoms with Crippen LogP contribution in [0.4, 0.5) is 5.69 Å². The van der Waals surface area contributed by atoms with Crippen molar-refractivity contribution in [3.8, 4) is 11.5 Å². The van der Waals surface area contributed by atoms with Gasteiger partial charge in [0.1, 0.15) is 23.0 Å². The molecule has 0 aliphatic carbocycles. The van der Waals surface area contributed by atoms with Gasteiger partial charge in [0.25, 0.3) is 5.91 Å². The third-order valence-electron chi connectivity index (χ3n) is 5.69. The topological polar surface area (TPSA) is 59.4 Å². The van der Waals surface area contributed by atoms with Crippen molar-refractivity contribution < 1.29 is 9.53 Å². The number of aryl methyl sites for hydroxylation is 1. The molecule has 1 aliphatic rings. The molecule has 2 aromatic carbocycles. The Bertz CT molecular complexity index is 1000. The molecule has 30 heavy (non-hydrogen) atoms. The van der Waals surface area contributed by atoms with Gasteiger partial charge in [0.2, 0.25) is 0 Å². The molecule has 0 radical (unpaired) electrons. The van der Waals surface area contributed by atoms with E-state index in [0.29, 0.717) is 17.4 Å². The highest BCUT2D eigenvalue weighted by Gasteiger charge is 2.25. The molecule has 1 N–H and O–H groups in total. The van der Waals surface area contributed by atoms with Gasteiger partial charge in [0.05, 0.1) is 0 Å². The molecule has 1 aromatic heterocycles. The molecule has 1 amide bonds. The van der Waals surface area contributed by atoms with E-state index in [1.807, 2.05) is 68.4 Å². The van der Waals surface area contributed by atoms with Crippen LogP contribution >= 0.6 is 0 Å². The second-order valence-electron chi connectivity index (χ2n) is 7.89. The van der Waals surface area contributed by atoms with E-state index in [1.54, 1.807) is 0 Å². The van der Waals surface area contributed by atoms with Crippen molar-refractivity contribution in [3.05, 3.63) is 71.8 Å². The summed E-state index contributed by atoms with van der Waals surface area (Å²) in [6, 6.07) is 17.4. The molecule has 156 valence electrons. The van der Waals surface area contributed by atoms with E-state index in [9.17, 15) is 4.79 Å². The van der Waals surface area contributed by atoms with Crippen molar-refractivity contribution in [2.75, 3.05) is 25.5 Å². The monoisotopic (exact) mass is 404 g/mol. The molecular weight excluding hydrogens is 376 g/mol. The van der Waals surface area contributed by atoms with Crippen LogP contribution in [0.1, 0.15) is 40.9 Å². The zero-order valence-electron chi connectivity index (χ0n) is 17.8.